The van der Waals surface area contributed by atoms with Crippen molar-refractivity contribution in [3.8, 4) is 0 Å². The third-order valence-corrected chi connectivity index (χ3v) is 3.23. The molecule has 0 aromatic carbocycles. The molecule has 1 aliphatic heterocycles. The van der Waals surface area contributed by atoms with E-state index in [1.807, 2.05) is 37.8 Å². The summed E-state index contributed by atoms with van der Waals surface area (Å²) < 4.78 is 0. The summed E-state index contributed by atoms with van der Waals surface area (Å²) in [6.45, 7) is 9.85. The summed E-state index contributed by atoms with van der Waals surface area (Å²) in [6, 6.07) is 3.68. The predicted octanol–water partition coefficient (Wildman–Crippen LogP) is 1.17. The van der Waals surface area contributed by atoms with Gasteiger partial charge in [-0.1, -0.05) is 13.8 Å². The summed E-state index contributed by atoms with van der Waals surface area (Å²) in [6.07, 6.45) is 1.64. The van der Waals surface area contributed by atoms with E-state index in [2.05, 4.69) is 9.88 Å². The van der Waals surface area contributed by atoms with Crippen LogP contribution in [0.5, 0.6) is 0 Å². The molecule has 1 saturated heterocycles. The van der Waals surface area contributed by atoms with Crippen molar-refractivity contribution in [1.82, 2.24) is 14.8 Å². The van der Waals surface area contributed by atoms with Crippen molar-refractivity contribution in [2.75, 3.05) is 39.3 Å². The number of carbonyl (C=O) groups is 1. The standard InChI is InChI=1S/C13H19N3O2.C2H6/c1-11-2-3-12(10-14-11)13(18)16-6-4-15(5-7-16)8-9-17;1-2/h2-3,10,17H,4-9H2,1H3;1-2H3. The summed E-state index contributed by atoms with van der Waals surface area (Å²) in [7, 11) is 0. The number of hydrogen-bond acceptors (Lipinski definition) is 4. The Balaban J connectivity index is 0.000000956. The minimum absolute atomic E-state index is 0.0474. The highest BCUT2D eigenvalue weighted by Gasteiger charge is 2.21. The second-order valence-electron chi connectivity index (χ2n) is 4.55. The maximum Gasteiger partial charge on any atom is 0.255 e. The first-order chi connectivity index (χ1) is 9.70. The number of pyridine rings is 1. The zero-order valence-corrected chi connectivity index (χ0v) is 12.7. The zero-order chi connectivity index (χ0) is 15.0. The molecule has 1 amide bonds. The van der Waals surface area contributed by atoms with Crippen LogP contribution in [0.15, 0.2) is 18.3 Å². The molecule has 1 fully saturated rings. The summed E-state index contributed by atoms with van der Waals surface area (Å²) in [5.41, 5.74) is 1.57. The normalized spacial score (nSPS) is 15.5. The molecular weight excluding hydrogens is 254 g/mol. The largest absolute Gasteiger partial charge is 0.395 e. The fourth-order valence-corrected chi connectivity index (χ4v) is 2.09. The number of β-amino-alcohol motifs (C(OH)–C–C–N with tert-alkyl or cyclic N) is 1. The van der Waals surface area contributed by atoms with Crippen molar-refractivity contribution >= 4 is 5.91 Å². The van der Waals surface area contributed by atoms with Gasteiger partial charge in [0.25, 0.3) is 5.91 Å². The number of aliphatic hydroxyl groups excluding tert-OH is 1. The van der Waals surface area contributed by atoms with Crippen LogP contribution in [0.25, 0.3) is 0 Å². The number of aryl methyl sites for hydroxylation is 1. The van der Waals surface area contributed by atoms with E-state index in [0.29, 0.717) is 25.2 Å². The molecule has 5 nitrogen and oxygen atoms in total. The second kappa shape index (κ2) is 8.66. The van der Waals surface area contributed by atoms with Gasteiger partial charge in [-0.2, -0.15) is 0 Å². The van der Waals surface area contributed by atoms with E-state index in [9.17, 15) is 4.79 Å². The van der Waals surface area contributed by atoms with Crippen LogP contribution in [0, 0.1) is 6.92 Å². The number of nitrogens with zero attached hydrogens (tertiary/aromatic N) is 3. The Kier molecular flexibility index (Phi) is 7.18. The van der Waals surface area contributed by atoms with E-state index < -0.39 is 0 Å². The number of amides is 1. The quantitative estimate of drug-likeness (QED) is 0.902. The van der Waals surface area contributed by atoms with Crippen LogP contribution in [0.1, 0.15) is 29.9 Å². The fourth-order valence-electron chi connectivity index (χ4n) is 2.09. The molecule has 0 radical (unpaired) electrons. The van der Waals surface area contributed by atoms with Gasteiger partial charge in [0, 0.05) is 44.6 Å². The van der Waals surface area contributed by atoms with Crippen molar-refractivity contribution < 1.29 is 9.90 Å². The van der Waals surface area contributed by atoms with Gasteiger partial charge in [-0.05, 0) is 19.1 Å². The van der Waals surface area contributed by atoms with Crippen molar-refractivity contribution in [2.24, 2.45) is 0 Å². The van der Waals surface area contributed by atoms with Gasteiger partial charge in [0.2, 0.25) is 0 Å². The highest BCUT2D eigenvalue weighted by atomic mass is 16.3. The van der Waals surface area contributed by atoms with E-state index in [4.69, 9.17) is 5.11 Å². The molecule has 1 aliphatic rings. The second-order valence-corrected chi connectivity index (χ2v) is 4.55. The third-order valence-electron chi connectivity index (χ3n) is 3.23. The van der Waals surface area contributed by atoms with Crippen LogP contribution >= 0.6 is 0 Å². The zero-order valence-electron chi connectivity index (χ0n) is 12.7. The minimum atomic E-state index is 0.0474. The molecular formula is C15H25N3O2. The van der Waals surface area contributed by atoms with Gasteiger partial charge >= 0.3 is 0 Å². The Bertz CT molecular complexity index is 398. The van der Waals surface area contributed by atoms with E-state index in [0.717, 1.165) is 18.8 Å². The first-order valence-electron chi connectivity index (χ1n) is 7.26. The number of carbonyl (C=O) groups excluding carboxylic acids is 1. The van der Waals surface area contributed by atoms with E-state index in [1.54, 1.807) is 6.20 Å². The molecule has 20 heavy (non-hydrogen) atoms. The van der Waals surface area contributed by atoms with Gasteiger partial charge in [0.05, 0.1) is 12.2 Å². The molecule has 0 saturated carbocycles. The predicted molar refractivity (Wildman–Crippen MR) is 79.8 cm³/mol. The van der Waals surface area contributed by atoms with Crippen LogP contribution < -0.4 is 0 Å². The smallest absolute Gasteiger partial charge is 0.255 e. The summed E-state index contributed by atoms with van der Waals surface area (Å²) >= 11 is 0. The number of aliphatic hydroxyl groups is 1. The monoisotopic (exact) mass is 279 g/mol. The van der Waals surface area contributed by atoms with Crippen molar-refractivity contribution in [2.45, 2.75) is 20.8 Å². The third kappa shape index (κ3) is 4.58. The minimum Gasteiger partial charge on any atom is -0.395 e. The van der Waals surface area contributed by atoms with Crippen molar-refractivity contribution in [3.63, 3.8) is 0 Å². The molecule has 0 bridgehead atoms. The van der Waals surface area contributed by atoms with Crippen molar-refractivity contribution in [3.05, 3.63) is 29.6 Å². The van der Waals surface area contributed by atoms with Gasteiger partial charge in [-0.25, -0.2) is 0 Å². The summed E-state index contributed by atoms with van der Waals surface area (Å²) in [5, 5.41) is 8.87. The molecule has 0 unspecified atom stereocenters. The average Bonchev–Trinajstić information content (AvgIpc) is 2.50. The number of aromatic nitrogens is 1. The molecule has 1 N–H and O–H groups in total. The van der Waals surface area contributed by atoms with Crippen molar-refractivity contribution in [1.29, 1.82) is 0 Å². The molecule has 1 aromatic rings. The van der Waals surface area contributed by atoms with Gasteiger partial charge in [-0.15, -0.1) is 0 Å². The SMILES string of the molecule is CC.Cc1ccc(C(=O)N2CCN(CCO)CC2)cn1. The molecule has 5 heteroatoms. The lowest BCUT2D eigenvalue weighted by atomic mass is 10.2. The lowest BCUT2D eigenvalue weighted by molar-refractivity contribution is 0.0614. The van der Waals surface area contributed by atoms with E-state index in [-0.39, 0.29) is 12.5 Å². The molecule has 0 aliphatic carbocycles. The lowest BCUT2D eigenvalue weighted by Gasteiger charge is -2.34. The number of hydrogen-bond donors (Lipinski definition) is 1. The highest BCUT2D eigenvalue weighted by Crippen LogP contribution is 2.08. The Morgan fingerprint density at radius 3 is 2.40 bits per heavy atom. The average molecular weight is 279 g/mol. The molecule has 2 rings (SSSR count). The fraction of sp³-hybridized carbons (Fsp3) is 0.600. The molecule has 0 spiro atoms. The molecule has 2 heterocycles. The lowest BCUT2D eigenvalue weighted by Crippen LogP contribution is -2.49. The van der Waals surface area contributed by atoms with Crippen LogP contribution in [0.3, 0.4) is 0 Å². The van der Waals surface area contributed by atoms with Crippen LogP contribution in [0.2, 0.25) is 0 Å². The van der Waals surface area contributed by atoms with E-state index in [1.165, 1.54) is 0 Å². The topological polar surface area (TPSA) is 56.7 Å². The molecule has 1 aromatic heterocycles. The summed E-state index contributed by atoms with van der Waals surface area (Å²) in [4.78, 5) is 20.4. The first kappa shape index (κ1) is 16.6. The Morgan fingerprint density at radius 2 is 1.90 bits per heavy atom. The van der Waals surface area contributed by atoms with Crippen LogP contribution in [-0.2, 0) is 0 Å². The number of rotatable bonds is 3. The Labute approximate surface area is 121 Å². The van der Waals surface area contributed by atoms with Crippen LogP contribution in [0.4, 0.5) is 0 Å². The summed E-state index contributed by atoms with van der Waals surface area (Å²) in [5.74, 6) is 0.0474. The maximum atomic E-state index is 12.2. The van der Waals surface area contributed by atoms with Gasteiger partial charge in [0.1, 0.15) is 0 Å². The van der Waals surface area contributed by atoms with Gasteiger partial charge in [-0.3, -0.25) is 14.7 Å². The Hall–Kier alpha value is -1.46. The molecule has 0 atom stereocenters. The maximum absolute atomic E-state index is 12.2. The van der Waals surface area contributed by atoms with E-state index >= 15 is 0 Å². The Morgan fingerprint density at radius 1 is 1.25 bits per heavy atom. The number of piperazine rings is 1. The van der Waals surface area contributed by atoms with Gasteiger partial charge in [0.15, 0.2) is 0 Å². The molecule has 112 valence electrons. The first-order valence-corrected chi connectivity index (χ1v) is 7.26. The van der Waals surface area contributed by atoms with Gasteiger partial charge < -0.3 is 10.0 Å². The van der Waals surface area contributed by atoms with Crippen LogP contribution in [-0.4, -0.2) is 65.1 Å². The highest BCUT2D eigenvalue weighted by molar-refractivity contribution is 5.94.